The average molecular weight is 316 g/mol. The van der Waals surface area contributed by atoms with Gasteiger partial charge in [-0.25, -0.2) is 0 Å². The molecule has 0 amide bonds. The van der Waals surface area contributed by atoms with Crippen LogP contribution in [0.25, 0.3) is 0 Å². The molecular formula is C15H28N2O5. The van der Waals surface area contributed by atoms with Gasteiger partial charge in [0, 0.05) is 39.2 Å². The largest absolute Gasteiger partial charge is 0.422 e. The van der Waals surface area contributed by atoms with Crippen LogP contribution in [-0.4, -0.2) is 75.4 Å². The van der Waals surface area contributed by atoms with Gasteiger partial charge in [-0.15, -0.1) is 0 Å². The summed E-state index contributed by atoms with van der Waals surface area (Å²) in [6.45, 7) is 8.02. The van der Waals surface area contributed by atoms with Gasteiger partial charge in [0.05, 0.1) is 32.8 Å². The first-order valence-electron chi connectivity index (χ1n) is 7.76. The lowest BCUT2D eigenvalue weighted by Gasteiger charge is -2.31. The molecule has 128 valence electrons. The van der Waals surface area contributed by atoms with Crippen molar-refractivity contribution in [3.8, 4) is 0 Å². The summed E-state index contributed by atoms with van der Waals surface area (Å²) in [6.07, 6.45) is 3.68. The van der Waals surface area contributed by atoms with Crippen LogP contribution in [0.5, 0.6) is 0 Å². The van der Waals surface area contributed by atoms with Crippen molar-refractivity contribution < 1.29 is 23.7 Å². The Hall–Kier alpha value is -1.31. The van der Waals surface area contributed by atoms with Crippen LogP contribution in [-0.2, 0) is 23.7 Å². The fourth-order valence-electron chi connectivity index (χ4n) is 1.98. The molecular weight excluding hydrogens is 288 g/mol. The van der Waals surface area contributed by atoms with Crippen LogP contribution >= 0.6 is 0 Å². The minimum atomic E-state index is -0.393. The zero-order valence-electron chi connectivity index (χ0n) is 13.8. The van der Waals surface area contributed by atoms with Gasteiger partial charge in [-0.1, -0.05) is 0 Å². The van der Waals surface area contributed by atoms with E-state index < -0.39 is 6.35 Å². The van der Waals surface area contributed by atoms with Gasteiger partial charge in [-0.3, -0.25) is 4.79 Å². The molecule has 0 fully saturated rings. The summed E-state index contributed by atoms with van der Waals surface area (Å²) in [6, 6.07) is 0. The number of ether oxygens (including phenoxy) is 4. The minimum Gasteiger partial charge on any atom is -0.422 e. The SMILES string of the molecule is CCOCCOCCC(=O)OC1N(CC)C=CN1CCOC. The van der Waals surface area contributed by atoms with Crippen LogP contribution < -0.4 is 0 Å². The molecule has 1 aliphatic heterocycles. The topological polar surface area (TPSA) is 60.5 Å². The molecule has 1 rings (SSSR count). The van der Waals surface area contributed by atoms with Crippen molar-refractivity contribution in [2.24, 2.45) is 0 Å². The van der Waals surface area contributed by atoms with Crippen LogP contribution in [0.15, 0.2) is 12.4 Å². The van der Waals surface area contributed by atoms with E-state index in [0.29, 0.717) is 39.6 Å². The molecule has 7 nitrogen and oxygen atoms in total. The van der Waals surface area contributed by atoms with Crippen LogP contribution in [0.3, 0.4) is 0 Å². The summed E-state index contributed by atoms with van der Waals surface area (Å²) in [7, 11) is 1.65. The Kier molecular flexibility index (Phi) is 9.61. The molecule has 0 spiro atoms. The van der Waals surface area contributed by atoms with E-state index in [0.717, 1.165) is 6.54 Å². The lowest BCUT2D eigenvalue weighted by Crippen LogP contribution is -2.43. The molecule has 0 bridgehead atoms. The van der Waals surface area contributed by atoms with E-state index in [1.165, 1.54) is 0 Å². The summed E-state index contributed by atoms with van der Waals surface area (Å²) < 4.78 is 21.1. The summed E-state index contributed by atoms with van der Waals surface area (Å²) >= 11 is 0. The number of rotatable bonds is 12. The third-order valence-corrected chi connectivity index (χ3v) is 3.20. The molecule has 1 heterocycles. The maximum atomic E-state index is 11.9. The second-order valence-corrected chi connectivity index (χ2v) is 4.73. The van der Waals surface area contributed by atoms with Crippen LogP contribution in [0.2, 0.25) is 0 Å². The minimum absolute atomic E-state index is 0.234. The Bertz CT molecular complexity index is 338. The molecule has 0 aliphatic carbocycles. The van der Waals surface area contributed by atoms with E-state index >= 15 is 0 Å². The van der Waals surface area contributed by atoms with E-state index in [4.69, 9.17) is 18.9 Å². The molecule has 1 aliphatic rings. The molecule has 0 saturated heterocycles. The third kappa shape index (κ3) is 6.64. The quantitative estimate of drug-likeness (QED) is 0.393. The first-order chi connectivity index (χ1) is 10.7. The summed E-state index contributed by atoms with van der Waals surface area (Å²) in [5.74, 6) is -0.272. The molecule has 1 atom stereocenters. The highest BCUT2D eigenvalue weighted by Gasteiger charge is 2.28. The number of carbonyl (C=O) groups excluding carboxylic acids is 1. The van der Waals surface area contributed by atoms with Crippen molar-refractivity contribution in [2.45, 2.75) is 26.6 Å². The molecule has 7 heteroatoms. The molecule has 0 aromatic rings. The van der Waals surface area contributed by atoms with E-state index in [1.807, 2.05) is 36.0 Å². The molecule has 0 aromatic heterocycles. The summed E-state index contributed by atoms with van der Waals surface area (Å²) in [5, 5.41) is 0. The van der Waals surface area contributed by atoms with Crippen molar-refractivity contribution in [1.82, 2.24) is 9.80 Å². The molecule has 0 aromatic carbocycles. The number of methoxy groups -OCH3 is 1. The van der Waals surface area contributed by atoms with E-state index in [1.54, 1.807) is 7.11 Å². The van der Waals surface area contributed by atoms with Crippen LogP contribution in [0.1, 0.15) is 20.3 Å². The number of carbonyl (C=O) groups is 1. The van der Waals surface area contributed by atoms with Gasteiger partial charge in [0.25, 0.3) is 6.35 Å². The fourth-order valence-corrected chi connectivity index (χ4v) is 1.98. The molecule has 0 saturated carbocycles. The zero-order chi connectivity index (χ0) is 16.2. The smallest absolute Gasteiger partial charge is 0.311 e. The zero-order valence-corrected chi connectivity index (χ0v) is 13.8. The van der Waals surface area contributed by atoms with Gasteiger partial charge >= 0.3 is 5.97 Å². The lowest BCUT2D eigenvalue weighted by molar-refractivity contribution is -0.170. The Labute approximate surface area is 132 Å². The van der Waals surface area contributed by atoms with E-state index in [2.05, 4.69) is 0 Å². The van der Waals surface area contributed by atoms with E-state index in [9.17, 15) is 4.79 Å². The predicted octanol–water partition coefficient (Wildman–Crippen LogP) is 1.01. The lowest BCUT2D eigenvalue weighted by atomic mass is 10.4. The highest BCUT2D eigenvalue weighted by Crippen LogP contribution is 2.17. The summed E-state index contributed by atoms with van der Waals surface area (Å²) in [5.41, 5.74) is 0. The second-order valence-electron chi connectivity index (χ2n) is 4.73. The van der Waals surface area contributed by atoms with Gasteiger partial charge in [0.1, 0.15) is 0 Å². The van der Waals surface area contributed by atoms with Gasteiger partial charge < -0.3 is 28.7 Å². The Balaban J connectivity index is 2.27. The van der Waals surface area contributed by atoms with Crippen LogP contribution in [0, 0.1) is 0 Å². The van der Waals surface area contributed by atoms with Crippen molar-refractivity contribution in [3.63, 3.8) is 0 Å². The standard InChI is InChI=1S/C15H28N2O5/c1-4-16-7-8-17(9-11-19-3)15(16)22-14(18)6-10-21-13-12-20-5-2/h7-8,15H,4-6,9-13H2,1-3H3. The van der Waals surface area contributed by atoms with E-state index in [-0.39, 0.29) is 12.4 Å². The highest BCUT2D eigenvalue weighted by molar-refractivity contribution is 5.69. The van der Waals surface area contributed by atoms with Crippen molar-refractivity contribution in [2.75, 3.05) is 53.2 Å². The van der Waals surface area contributed by atoms with Crippen molar-refractivity contribution >= 4 is 5.97 Å². The monoisotopic (exact) mass is 316 g/mol. The van der Waals surface area contributed by atoms with Gasteiger partial charge in [-0.2, -0.15) is 0 Å². The summed E-state index contributed by atoms with van der Waals surface area (Å²) in [4.78, 5) is 15.8. The van der Waals surface area contributed by atoms with Crippen molar-refractivity contribution in [1.29, 1.82) is 0 Å². The first-order valence-corrected chi connectivity index (χ1v) is 7.76. The Morgan fingerprint density at radius 2 is 1.77 bits per heavy atom. The van der Waals surface area contributed by atoms with Gasteiger partial charge in [-0.05, 0) is 13.8 Å². The van der Waals surface area contributed by atoms with Gasteiger partial charge in [0.2, 0.25) is 0 Å². The molecule has 1 unspecified atom stereocenters. The third-order valence-electron chi connectivity index (χ3n) is 3.20. The Morgan fingerprint density at radius 1 is 1.05 bits per heavy atom. The number of esters is 1. The van der Waals surface area contributed by atoms with Crippen molar-refractivity contribution in [3.05, 3.63) is 12.4 Å². The van der Waals surface area contributed by atoms with Gasteiger partial charge in [0.15, 0.2) is 0 Å². The number of nitrogens with zero attached hydrogens (tertiary/aromatic N) is 2. The van der Waals surface area contributed by atoms with Crippen LogP contribution in [0.4, 0.5) is 0 Å². The fraction of sp³-hybridized carbons (Fsp3) is 0.800. The molecule has 0 radical (unpaired) electrons. The number of hydrogen-bond acceptors (Lipinski definition) is 7. The molecule has 0 N–H and O–H groups in total. The maximum absolute atomic E-state index is 11.9. The normalized spacial score (nSPS) is 17.3. The molecule has 22 heavy (non-hydrogen) atoms. The maximum Gasteiger partial charge on any atom is 0.311 e. The second kappa shape index (κ2) is 11.3. The highest BCUT2D eigenvalue weighted by atomic mass is 16.6. The predicted molar refractivity (Wildman–Crippen MR) is 81.9 cm³/mol. The first kappa shape index (κ1) is 18.7. The average Bonchev–Trinajstić information content (AvgIpc) is 2.90. The Morgan fingerprint density at radius 3 is 2.45 bits per heavy atom. The number of hydrogen-bond donors (Lipinski definition) is 0.